The molecule has 96 valence electrons. The molecule has 0 atom stereocenters. The van der Waals surface area contributed by atoms with E-state index in [2.05, 4.69) is 29.2 Å². The molecule has 1 aliphatic rings. The Labute approximate surface area is 111 Å². The first kappa shape index (κ1) is 14.5. The van der Waals surface area contributed by atoms with E-state index in [0.29, 0.717) is 0 Å². The minimum absolute atomic E-state index is 0. The molecule has 0 fully saturated rings. The second-order valence-electron chi connectivity index (χ2n) is 4.64. The zero-order valence-corrected chi connectivity index (χ0v) is 11.2. The summed E-state index contributed by atoms with van der Waals surface area (Å²) < 4.78 is 0. The SMILES string of the molecule is Cl.NCCCCCN1CCc2ccccc2C1. The summed E-state index contributed by atoms with van der Waals surface area (Å²) in [7, 11) is 0. The van der Waals surface area contributed by atoms with Gasteiger partial charge in [0.25, 0.3) is 0 Å². The number of nitrogens with zero attached hydrogens (tertiary/aromatic N) is 1. The van der Waals surface area contributed by atoms with Gasteiger partial charge in [-0.2, -0.15) is 0 Å². The van der Waals surface area contributed by atoms with Gasteiger partial charge in [-0.15, -0.1) is 12.4 Å². The Bertz CT molecular complexity index is 328. The molecule has 0 radical (unpaired) electrons. The van der Waals surface area contributed by atoms with E-state index in [-0.39, 0.29) is 12.4 Å². The topological polar surface area (TPSA) is 29.3 Å². The highest BCUT2D eigenvalue weighted by molar-refractivity contribution is 5.85. The van der Waals surface area contributed by atoms with Crippen molar-refractivity contribution < 1.29 is 0 Å². The molecule has 2 N–H and O–H groups in total. The van der Waals surface area contributed by atoms with Crippen LogP contribution in [-0.4, -0.2) is 24.5 Å². The maximum Gasteiger partial charge on any atom is 0.0236 e. The van der Waals surface area contributed by atoms with Crippen LogP contribution in [0.1, 0.15) is 30.4 Å². The number of halogens is 1. The minimum Gasteiger partial charge on any atom is -0.330 e. The third-order valence-electron chi connectivity index (χ3n) is 3.39. The fraction of sp³-hybridized carbons (Fsp3) is 0.571. The lowest BCUT2D eigenvalue weighted by Gasteiger charge is -2.28. The van der Waals surface area contributed by atoms with Gasteiger partial charge >= 0.3 is 0 Å². The fourth-order valence-corrected chi connectivity index (χ4v) is 2.40. The van der Waals surface area contributed by atoms with Crippen molar-refractivity contribution in [2.24, 2.45) is 5.73 Å². The van der Waals surface area contributed by atoms with E-state index >= 15 is 0 Å². The molecule has 1 aromatic carbocycles. The van der Waals surface area contributed by atoms with Crippen LogP contribution in [0.5, 0.6) is 0 Å². The van der Waals surface area contributed by atoms with E-state index in [1.807, 2.05) is 0 Å². The van der Waals surface area contributed by atoms with Crippen molar-refractivity contribution in [3.05, 3.63) is 35.4 Å². The maximum absolute atomic E-state index is 5.50. The summed E-state index contributed by atoms with van der Waals surface area (Å²) in [6, 6.07) is 8.83. The van der Waals surface area contributed by atoms with Gasteiger partial charge < -0.3 is 5.73 Å². The van der Waals surface area contributed by atoms with Gasteiger partial charge in [0, 0.05) is 13.1 Å². The van der Waals surface area contributed by atoms with Crippen LogP contribution >= 0.6 is 12.4 Å². The van der Waals surface area contributed by atoms with Gasteiger partial charge in [0.1, 0.15) is 0 Å². The predicted molar refractivity (Wildman–Crippen MR) is 75.6 cm³/mol. The van der Waals surface area contributed by atoms with Crippen molar-refractivity contribution in [1.29, 1.82) is 0 Å². The first-order chi connectivity index (χ1) is 7.90. The largest absolute Gasteiger partial charge is 0.330 e. The monoisotopic (exact) mass is 254 g/mol. The Hall–Kier alpha value is -0.570. The third kappa shape index (κ3) is 4.30. The van der Waals surface area contributed by atoms with E-state index in [0.717, 1.165) is 13.1 Å². The van der Waals surface area contributed by atoms with Gasteiger partial charge in [-0.25, -0.2) is 0 Å². The molecule has 1 aliphatic heterocycles. The summed E-state index contributed by atoms with van der Waals surface area (Å²) in [5.74, 6) is 0. The number of unbranched alkanes of at least 4 members (excludes halogenated alkanes) is 2. The normalized spacial score (nSPS) is 15.1. The summed E-state index contributed by atoms with van der Waals surface area (Å²) >= 11 is 0. The number of hydrogen-bond donors (Lipinski definition) is 1. The van der Waals surface area contributed by atoms with Crippen LogP contribution < -0.4 is 5.73 Å². The van der Waals surface area contributed by atoms with E-state index in [4.69, 9.17) is 5.73 Å². The molecule has 0 unspecified atom stereocenters. The van der Waals surface area contributed by atoms with E-state index in [1.165, 1.54) is 44.3 Å². The minimum atomic E-state index is 0. The van der Waals surface area contributed by atoms with Crippen molar-refractivity contribution in [2.45, 2.75) is 32.2 Å². The Balaban J connectivity index is 0.00000144. The zero-order valence-electron chi connectivity index (χ0n) is 10.4. The second kappa shape index (κ2) is 7.70. The molecule has 0 amide bonds. The van der Waals surface area contributed by atoms with Gasteiger partial charge in [-0.3, -0.25) is 4.90 Å². The average molecular weight is 255 g/mol. The van der Waals surface area contributed by atoms with Crippen molar-refractivity contribution in [2.75, 3.05) is 19.6 Å². The molecule has 0 saturated heterocycles. The van der Waals surface area contributed by atoms with Crippen molar-refractivity contribution in [3.8, 4) is 0 Å². The maximum atomic E-state index is 5.50. The quantitative estimate of drug-likeness (QED) is 0.819. The lowest BCUT2D eigenvalue weighted by atomic mass is 10.00. The Morgan fingerprint density at radius 1 is 1.06 bits per heavy atom. The fourth-order valence-electron chi connectivity index (χ4n) is 2.40. The number of hydrogen-bond acceptors (Lipinski definition) is 2. The number of nitrogens with two attached hydrogens (primary N) is 1. The van der Waals surface area contributed by atoms with Crippen LogP contribution in [0.2, 0.25) is 0 Å². The number of benzene rings is 1. The molecule has 17 heavy (non-hydrogen) atoms. The molecule has 3 heteroatoms. The summed E-state index contributed by atoms with van der Waals surface area (Å²) in [5, 5.41) is 0. The van der Waals surface area contributed by atoms with Crippen molar-refractivity contribution in [3.63, 3.8) is 0 Å². The van der Waals surface area contributed by atoms with Crippen LogP contribution in [0, 0.1) is 0 Å². The molecule has 0 aromatic heterocycles. The smallest absolute Gasteiger partial charge is 0.0236 e. The van der Waals surface area contributed by atoms with Gasteiger partial charge in [-0.1, -0.05) is 30.7 Å². The third-order valence-corrected chi connectivity index (χ3v) is 3.39. The van der Waals surface area contributed by atoms with E-state index in [1.54, 1.807) is 5.56 Å². The molecule has 0 bridgehead atoms. The van der Waals surface area contributed by atoms with E-state index in [9.17, 15) is 0 Å². The summed E-state index contributed by atoms with van der Waals surface area (Å²) in [6.07, 6.45) is 4.95. The summed E-state index contributed by atoms with van der Waals surface area (Å²) in [6.45, 7) is 4.43. The van der Waals surface area contributed by atoms with Crippen molar-refractivity contribution >= 4 is 12.4 Å². The Kier molecular flexibility index (Phi) is 6.56. The van der Waals surface area contributed by atoms with Crippen LogP contribution in [-0.2, 0) is 13.0 Å². The standard InChI is InChI=1S/C14H22N2.ClH/c15-9-4-1-5-10-16-11-8-13-6-2-3-7-14(13)12-16;/h2-3,6-7H,1,4-5,8-12,15H2;1H. The van der Waals surface area contributed by atoms with Crippen LogP contribution in [0.25, 0.3) is 0 Å². The summed E-state index contributed by atoms with van der Waals surface area (Å²) in [5.41, 5.74) is 8.56. The van der Waals surface area contributed by atoms with Gasteiger partial charge in [0.05, 0.1) is 0 Å². The summed E-state index contributed by atoms with van der Waals surface area (Å²) in [4.78, 5) is 2.57. The molecule has 0 aliphatic carbocycles. The van der Waals surface area contributed by atoms with Crippen LogP contribution in [0.3, 0.4) is 0 Å². The zero-order chi connectivity index (χ0) is 11.2. The van der Waals surface area contributed by atoms with Crippen LogP contribution in [0.15, 0.2) is 24.3 Å². The number of rotatable bonds is 5. The van der Waals surface area contributed by atoms with Gasteiger partial charge in [-0.05, 0) is 43.5 Å². The Morgan fingerprint density at radius 3 is 2.59 bits per heavy atom. The second-order valence-corrected chi connectivity index (χ2v) is 4.64. The molecular weight excluding hydrogens is 232 g/mol. The van der Waals surface area contributed by atoms with Gasteiger partial charge in [0.2, 0.25) is 0 Å². The first-order valence-electron chi connectivity index (χ1n) is 6.39. The highest BCUT2D eigenvalue weighted by atomic mass is 35.5. The lowest BCUT2D eigenvalue weighted by molar-refractivity contribution is 0.248. The Morgan fingerprint density at radius 2 is 1.82 bits per heavy atom. The van der Waals surface area contributed by atoms with Gasteiger partial charge in [0.15, 0.2) is 0 Å². The van der Waals surface area contributed by atoms with Crippen molar-refractivity contribution in [1.82, 2.24) is 4.90 Å². The number of fused-ring (bicyclic) bond motifs is 1. The molecule has 2 rings (SSSR count). The average Bonchev–Trinajstić information content (AvgIpc) is 2.34. The molecular formula is C14H23ClN2. The highest BCUT2D eigenvalue weighted by Gasteiger charge is 2.14. The van der Waals surface area contributed by atoms with E-state index < -0.39 is 0 Å². The first-order valence-corrected chi connectivity index (χ1v) is 6.39. The molecule has 0 spiro atoms. The highest BCUT2D eigenvalue weighted by Crippen LogP contribution is 2.18. The molecule has 0 saturated carbocycles. The molecule has 1 aromatic rings. The van der Waals surface area contributed by atoms with Crippen LogP contribution in [0.4, 0.5) is 0 Å². The molecule has 2 nitrogen and oxygen atoms in total. The lowest BCUT2D eigenvalue weighted by Crippen LogP contribution is -2.31. The predicted octanol–water partition coefficient (Wildman–Crippen LogP) is 2.60. The molecule has 1 heterocycles.